The molecule has 234 valence electrons. The lowest BCUT2D eigenvalue weighted by molar-refractivity contribution is -0.121. The van der Waals surface area contributed by atoms with Crippen LogP contribution in [0.4, 0.5) is 11.4 Å². The molecule has 0 saturated carbocycles. The number of methoxy groups -OCH3 is 2. The fourth-order valence-corrected chi connectivity index (χ4v) is 6.22. The Kier molecular flexibility index (Phi) is 10.3. The molecule has 12 heteroatoms. The van der Waals surface area contributed by atoms with Crippen LogP contribution in [-0.4, -0.2) is 43.1 Å². The minimum Gasteiger partial charge on any atom is -0.493 e. The van der Waals surface area contributed by atoms with Crippen LogP contribution >= 0.6 is 35.0 Å². The second-order valence-corrected chi connectivity index (χ2v) is 12.0. The molecule has 1 unspecified atom stereocenters. The van der Waals surface area contributed by atoms with E-state index in [-0.39, 0.29) is 22.8 Å². The van der Waals surface area contributed by atoms with E-state index in [0.29, 0.717) is 38.2 Å². The van der Waals surface area contributed by atoms with Crippen molar-refractivity contribution >= 4 is 76.0 Å². The molecule has 4 amide bonds. The number of rotatable bonds is 10. The SMILES string of the molecule is COc1cccc(/C=C(\NC(=O)c2ccccc2)C(=O)Nc2cccc(SC3CC(=O)N(c4cc(Cl)ccc4Cl)C3=O)c2)c1OC. The first-order valence-electron chi connectivity index (χ1n) is 13.9. The Morgan fingerprint density at radius 3 is 2.41 bits per heavy atom. The molecular weight excluding hydrogens is 649 g/mol. The standard InChI is InChI=1S/C34H27Cl2N3O6S/c1-44-28-13-6-10-21(31(28)45-2)16-26(38-32(41)20-8-4-3-5-9-20)33(42)37-23-11-7-12-24(18-23)46-29-19-30(40)39(34(29)43)27-17-22(35)14-15-25(27)36/h3-18,29H,19H2,1-2H3,(H,37,42)(H,38,41)/b26-16-. The fraction of sp³-hybridized carbons (Fsp3) is 0.118. The summed E-state index contributed by atoms with van der Waals surface area (Å²) in [7, 11) is 2.98. The zero-order valence-electron chi connectivity index (χ0n) is 24.6. The van der Waals surface area contributed by atoms with E-state index in [1.165, 1.54) is 44.2 Å². The van der Waals surface area contributed by atoms with Crippen molar-refractivity contribution in [1.82, 2.24) is 5.32 Å². The molecule has 0 bridgehead atoms. The van der Waals surface area contributed by atoms with E-state index in [1.54, 1.807) is 78.9 Å². The molecule has 46 heavy (non-hydrogen) atoms. The number of thioether (sulfide) groups is 1. The third-order valence-electron chi connectivity index (χ3n) is 6.89. The number of hydrogen-bond acceptors (Lipinski definition) is 7. The lowest BCUT2D eigenvalue weighted by atomic mass is 10.1. The summed E-state index contributed by atoms with van der Waals surface area (Å²) in [5, 5.41) is 5.39. The molecule has 1 atom stereocenters. The summed E-state index contributed by atoms with van der Waals surface area (Å²) in [6.45, 7) is 0. The highest BCUT2D eigenvalue weighted by atomic mass is 35.5. The van der Waals surface area contributed by atoms with Crippen molar-refractivity contribution in [1.29, 1.82) is 0 Å². The molecule has 2 N–H and O–H groups in total. The number of amides is 4. The van der Waals surface area contributed by atoms with Gasteiger partial charge < -0.3 is 20.1 Å². The normalized spacial score (nSPS) is 14.7. The summed E-state index contributed by atoms with van der Waals surface area (Å²) in [5.41, 5.74) is 1.44. The molecule has 1 aliphatic heterocycles. The zero-order valence-corrected chi connectivity index (χ0v) is 26.9. The smallest absolute Gasteiger partial charge is 0.272 e. The maximum absolute atomic E-state index is 13.6. The molecule has 0 radical (unpaired) electrons. The number of ether oxygens (including phenoxy) is 2. The van der Waals surface area contributed by atoms with Crippen molar-refractivity contribution in [2.24, 2.45) is 0 Å². The molecule has 1 saturated heterocycles. The van der Waals surface area contributed by atoms with E-state index in [0.717, 1.165) is 4.90 Å². The quantitative estimate of drug-likeness (QED) is 0.140. The van der Waals surface area contributed by atoms with E-state index in [1.807, 2.05) is 0 Å². The third-order valence-corrected chi connectivity index (χ3v) is 8.62. The van der Waals surface area contributed by atoms with Crippen molar-refractivity contribution in [3.63, 3.8) is 0 Å². The molecule has 1 heterocycles. The Morgan fingerprint density at radius 1 is 0.913 bits per heavy atom. The summed E-state index contributed by atoms with van der Waals surface area (Å²) in [6, 6.07) is 25.1. The van der Waals surface area contributed by atoms with Gasteiger partial charge in [0.1, 0.15) is 5.70 Å². The summed E-state index contributed by atoms with van der Waals surface area (Å²) >= 11 is 13.5. The minimum absolute atomic E-state index is 0.0380. The van der Waals surface area contributed by atoms with Crippen LogP contribution in [0.2, 0.25) is 10.0 Å². The maximum atomic E-state index is 13.6. The minimum atomic E-state index is -0.713. The molecule has 4 aromatic rings. The fourth-order valence-electron chi connectivity index (χ4n) is 4.74. The first-order chi connectivity index (χ1) is 22.2. The molecule has 1 aliphatic rings. The van der Waals surface area contributed by atoms with Crippen molar-refractivity contribution in [3.05, 3.63) is 118 Å². The van der Waals surface area contributed by atoms with Gasteiger partial charge in [0.15, 0.2) is 11.5 Å². The van der Waals surface area contributed by atoms with E-state index < -0.39 is 28.9 Å². The Labute approximate surface area is 279 Å². The van der Waals surface area contributed by atoms with Gasteiger partial charge in [-0.15, -0.1) is 11.8 Å². The largest absolute Gasteiger partial charge is 0.493 e. The van der Waals surface area contributed by atoms with Gasteiger partial charge in [0, 0.05) is 33.2 Å². The summed E-state index contributed by atoms with van der Waals surface area (Å²) < 4.78 is 10.9. The number of carbonyl (C=O) groups excluding carboxylic acids is 4. The van der Waals surface area contributed by atoms with Crippen LogP contribution in [0.25, 0.3) is 6.08 Å². The van der Waals surface area contributed by atoms with Crippen LogP contribution in [0.3, 0.4) is 0 Å². The van der Waals surface area contributed by atoms with Crippen LogP contribution in [0.15, 0.2) is 102 Å². The molecular formula is C34H27Cl2N3O6S. The van der Waals surface area contributed by atoms with Crippen LogP contribution in [-0.2, 0) is 14.4 Å². The van der Waals surface area contributed by atoms with Crippen LogP contribution in [0, 0.1) is 0 Å². The Balaban J connectivity index is 1.38. The Bertz CT molecular complexity index is 1850. The van der Waals surface area contributed by atoms with Gasteiger partial charge in [-0.3, -0.25) is 19.2 Å². The molecule has 0 aliphatic carbocycles. The molecule has 0 spiro atoms. The van der Waals surface area contributed by atoms with Crippen LogP contribution in [0.5, 0.6) is 11.5 Å². The lowest BCUT2D eigenvalue weighted by Crippen LogP contribution is -2.31. The number of para-hydroxylation sites is 1. The lowest BCUT2D eigenvalue weighted by Gasteiger charge is -2.17. The summed E-state index contributed by atoms with van der Waals surface area (Å²) in [4.78, 5) is 54.5. The number of carbonyl (C=O) groups is 4. The average molecular weight is 677 g/mol. The number of anilines is 2. The summed E-state index contributed by atoms with van der Waals surface area (Å²) in [5.74, 6) is -1.08. The molecule has 0 aromatic heterocycles. The van der Waals surface area contributed by atoms with Gasteiger partial charge >= 0.3 is 0 Å². The number of hydrogen-bond donors (Lipinski definition) is 2. The molecule has 5 rings (SSSR count). The second kappa shape index (κ2) is 14.6. The third kappa shape index (κ3) is 7.37. The van der Waals surface area contributed by atoms with Gasteiger partial charge in [-0.2, -0.15) is 0 Å². The number of nitrogens with one attached hydrogen (secondary N) is 2. The van der Waals surface area contributed by atoms with Gasteiger partial charge in [-0.25, -0.2) is 4.90 Å². The molecule has 4 aromatic carbocycles. The van der Waals surface area contributed by atoms with Gasteiger partial charge in [0.05, 0.1) is 30.2 Å². The summed E-state index contributed by atoms with van der Waals surface area (Å²) in [6.07, 6.45) is 1.46. The van der Waals surface area contributed by atoms with Crippen LogP contribution < -0.4 is 25.0 Å². The van der Waals surface area contributed by atoms with Gasteiger partial charge in [-0.1, -0.05) is 59.6 Å². The van der Waals surface area contributed by atoms with E-state index in [4.69, 9.17) is 32.7 Å². The van der Waals surface area contributed by atoms with Crippen LogP contribution in [0.1, 0.15) is 22.3 Å². The van der Waals surface area contributed by atoms with Crippen molar-refractivity contribution in [2.45, 2.75) is 16.6 Å². The highest BCUT2D eigenvalue weighted by molar-refractivity contribution is 8.00. The van der Waals surface area contributed by atoms with Crippen molar-refractivity contribution in [3.8, 4) is 11.5 Å². The number of nitrogens with zero attached hydrogens (tertiary/aromatic N) is 1. The molecule has 1 fully saturated rings. The van der Waals surface area contributed by atoms with Gasteiger partial charge in [-0.05, 0) is 60.7 Å². The average Bonchev–Trinajstić information content (AvgIpc) is 3.33. The maximum Gasteiger partial charge on any atom is 0.272 e. The van der Waals surface area contributed by atoms with Gasteiger partial charge in [0.2, 0.25) is 11.8 Å². The predicted molar refractivity (Wildman–Crippen MR) is 180 cm³/mol. The highest BCUT2D eigenvalue weighted by Gasteiger charge is 2.41. The van der Waals surface area contributed by atoms with E-state index in [9.17, 15) is 19.2 Å². The first-order valence-corrected chi connectivity index (χ1v) is 15.5. The number of halogens is 2. The highest BCUT2D eigenvalue weighted by Crippen LogP contribution is 2.38. The second-order valence-electron chi connectivity index (χ2n) is 9.92. The Morgan fingerprint density at radius 2 is 1.67 bits per heavy atom. The Hall–Kier alpha value is -4.77. The monoisotopic (exact) mass is 675 g/mol. The van der Waals surface area contributed by atoms with E-state index >= 15 is 0 Å². The van der Waals surface area contributed by atoms with Crippen molar-refractivity contribution in [2.75, 3.05) is 24.4 Å². The van der Waals surface area contributed by atoms with E-state index in [2.05, 4.69) is 10.6 Å². The number of benzene rings is 4. The molecule has 9 nitrogen and oxygen atoms in total. The topological polar surface area (TPSA) is 114 Å². The predicted octanol–water partition coefficient (Wildman–Crippen LogP) is 6.84. The van der Waals surface area contributed by atoms with Crippen molar-refractivity contribution < 1.29 is 28.7 Å². The number of imide groups is 1. The first kappa shape index (κ1) is 32.6. The zero-order chi connectivity index (χ0) is 32.8. The van der Waals surface area contributed by atoms with Gasteiger partial charge in [0.25, 0.3) is 11.8 Å².